The monoisotopic (exact) mass is 456 g/mol. The van der Waals surface area contributed by atoms with E-state index in [4.69, 9.17) is 0 Å². The molecule has 1 aliphatic heterocycles. The van der Waals surface area contributed by atoms with Gasteiger partial charge in [0.25, 0.3) is 15.9 Å². The Labute approximate surface area is 188 Å². The Kier molecular flexibility index (Phi) is 6.34. The van der Waals surface area contributed by atoms with E-state index < -0.39 is 10.0 Å². The molecule has 164 valence electrons. The molecule has 2 aromatic carbocycles. The highest BCUT2D eigenvalue weighted by Crippen LogP contribution is 2.33. The Hall–Kier alpha value is -2.38. The molecule has 1 aromatic heterocycles. The molecule has 0 aliphatic carbocycles. The van der Waals surface area contributed by atoms with Gasteiger partial charge in [-0.15, -0.1) is 11.3 Å². The van der Waals surface area contributed by atoms with Crippen molar-refractivity contribution >= 4 is 43.0 Å². The average molecular weight is 457 g/mol. The number of thiophene rings is 1. The molecule has 4 rings (SSSR count). The molecule has 1 fully saturated rings. The molecule has 0 bridgehead atoms. The quantitative estimate of drug-likeness (QED) is 0.496. The zero-order valence-corrected chi connectivity index (χ0v) is 19.6. The third-order valence-corrected chi connectivity index (χ3v) is 8.62. The molecular weight excluding hydrogens is 428 g/mol. The van der Waals surface area contributed by atoms with Crippen molar-refractivity contribution in [2.75, 3.05) is 23.9 Å². The average Bonchev–Trinajstić information content (AvgIpc) is 3.21. The molecule has 5 nitrogen and oxygen atoms in total. The number of anilines is 1. The highest BCUT2D eigenvalue weighted by molar-refractivity contribution is 7.92. The van der Waals surface area contributed by atoms with Gasteiger partial charge in [-0.2, -0.15) is 0 Å². The summed E-state index contributed by atoms with van der Waals surface area (Å²) in [7, 11) is -3.67. The van der Waals surface area contributed by atoms with Gasteiger partial charge in [0.15, 0.2) is 0 Å². The highest BCUT2D eigenvalue weighted by atomic mass is 32.2. The minimum Gasteiger partial charge on any atom is -0.338 e. The van der Waals surface area contributed by atoms with Gasteiger partial charge >= 0.3 is 0 Å². The number of carbonyl (C=O) groups is 1. The summed E-state index contributed by atoms with van der Waals surface area (Å²) < 4.78 is 29.2. The second-order valence-corrected chi connectivity index (χ2v) is 11.0. The number of benzene rings is 2. The first-order valence-electron chi connectivity index (χ1n) is 10.8. The largest absolute Gasteiger partial charge is 0.338 e. The van der Waals surface area contributed by atoms with E-state index in [1.807, 2.05) is 55.1 Å². The van der Waals surface area contributed by atoms with Crippen LogP contribution in [0.3, 0.4) is 0 Å². The summed E-state index contributed by atoms with van der Waals surface area (Å²) in [6.45, 7) is 5.93. The maximum atomic E-state index is 13.4. The van der Waals surface area contributed by atoms with Gasteiger partial charge in [-0.1, -0.05) is 24.6 Å². The first-order valence-corrected chi connectivity index (χ1v) is 13.1. The second-order valence-electron chi connectivity index (χ2n) is 8.08. The number of sulfonamides is 1. The minimum absolute atomic E-state index is 0.0835. The Morgan fingerprint density at radius 1 is 1.03 bits per heavy atom. The smallest absolute Gasteiger partial charge is 0.264 e. The lowest BCUT2D eigenvalue weighted by atomic mass is 10.1. The van der Waals surface area contributed by atoms with Crippen LogP contribution >= 0.6 is 11.3 Å². The van der Waals surface area contributed by atoms with Gasteiger partial charge in [-0.05, 0) is 74.4 Å². The van der Waals surface area contributed by atoms with E-state index in [0.29, 0.717) is 18.7 Å². The van der Waals surface area contributed by atoms with Crippen molar-refractivity contribution < 1.29 is 13.2 Å². The molecule has 0 radical (unpaired) electrons. The van der Waals surface area contributed by atoms with Gasteiger partial charge in [0.1, 0.15) is 0 Å². The summed E-state index contributed by atoms with van der Waals surface area (Å²) in [5.41, 5.74) is 1.65. The normalized spacial score (nSPS) is 14.7. The predicted molar refractivity (Wildman–Crippen MR) is 128 cm³/mol. The number of carbonyl (C=O) groups excluding carboxylic acids is 1. The third-order valence-electron chi connectivity index (χ3n) is 5.68. The van der Waals surface area contributed by atoms with Crippen LogP contribution in [0.1, 0.15) is 47.8 Å². The summed E-state index contributed by atoms with van der Waals surface area (Å²) in [5, 5.41) is 0.906. The van der Waals surface area contributed by atoms with Crippen LogP contribution in [0.25, 0.3) is 10.1 Å². The molecule has 0 spiro atoms. The van der Waals surface area contributed by atoms with Crippen molar-refractivity contribution in [3.63, 3.8) is 0 Å². The number of amides is 1. The lowest BCUT2D eigenvalue weighted by molar-refractivity contribution is 0.0729. The molecule has 2 heterocycles. The molecule has 0 unspecified atom stereocenters. The third kappa shape index (κ3) is 4.48. The first kappa shape index (κ1) is 21.8. The van der Waals surface area contributed by atoms with E-state index in [-0.39, 0.29) is 10.8 Å². The molecule has 0 atom stereocenters. The van der Waals surface area contributed by atoms with Crippen LogP contribution in [0.2, 0.25) is 0 Å². The van der Waals surface area contributed by atoms with Crippen LogP contribution in [0.5, 0.6) is 0 Å². The molecule has 1 amide bonds. The van der Waals surface area contributed by atoms with E-state index in [2.05, 4.69) is 0 Å². The van der Waals surface area contributed by atoms with Crippen molar-refractivity contribution in [3.8, 4) is 0 Å². The predicted octanol–water partition coefficient (Wildman–Crippen LogP) is 5.44. The van der Waals surface area contributed by atoms with E-state index in [1.54, 1.807) is 12.1 Å². The van der Waals surface area contributed by atoms with E-state index in [0.717, 1.165) is 46.5 Å². The SMILES string of the molecule is CCCN(c1ccc2sc(C(=O)N3CCCCC3)cc2c1)S(=O)(=O)c1ccc(C)cc1. The zero-order chi connectivity index (χ0) is 22.0. The Balaban J connectivity index is 1.68. The summed E-state index contributed by atoms with van der Waals surface area (Å²) in [6.07, 6.45) is 4.00. The second kappa shape index (κ2) is 9.01. The summed E-state index contributed by atoms with van der Waals surface area (Å²) in [6, 6.07) is 14.5. The standard InChI is InChI=1S/C24H28N2O3S2/c1-3-13-26(31(28,29)21-10-7-18(2)8-11-21)20-9-12-22-19(16-20)17-23(30-22)24(27)25-14-5-4-6-15-25/h7-12,16-17H,3-6,13-15H2,1-2H3. The lowest BCUT2D eigenvalue weighted by Crippen LogP contribution is -2.35. The molecule has 0 N–H and O–H groups in total. The molecule has 0 saturated carbocycles. The van der Waals surface area contributed by atoms with Crippen LogP contribution in [-0.4, -0.2) is 38.9 Å². The topological polar surface area (TPSA) is 57.7 Å². The maximum Gasteiger partial charge on any atom is 0.264 e. The number of nitrogens with zero attached hydrogens (tertiary/aromatic N) is 2. The number of likely N-dealkylation sites (tertiary alicyclic amines) is 1. The minimum atomic E-state index is -3.67. The highest BCUT2D eigenvalue weighted by Gasteiger charge is 2.25. The van der Waals surface area contributed by atoms with Crippen LogP contribution in [0, 0.1) is 6.92 Å². The molecular formula is C24H28N2O3S2. The van der Waals surface area contributed by atoms with Crippen molar-refractivity contribution in [1.29, 1.82) is 0 Å². The van der Waals surface area contributed by atoms with Crippen LogP contribution in [-0.2, 0) is 10.0 Å². The lowest BCUT2D eigenvalue weighted by Gasteiger charge is -2.26. The number of hydrogen-bond acceptors (Lipinski definition) is 4. The Bertz CT molecular complexity index is 1180. The van der Waals surface area contributed by atoms with Crippen LogP contribution in [0.15, 0.2) is 53.4 Å². The van der Waals surface area contributed by atoms with Gasteiger partial charge in [0.05, 0.1) is 15.5 Å². The van der Waals surface area contributed by atoms with Crippen molar-refractivity contribution in [3.05, 3.63) is 59.0 Å². The number of rotatable bonds is 6. The molecule has 3 aromatic rings. The fraction of sp³-hybridized carbons (Fsp3) is 0.375. The van der Waals surface area contributed by atoms with E-state index in [1.165, 1.54) is 22.1 Å². The van der Waals surface area contributed by atoms with E-state index in [9.17, 15) is 13.2 Å². The summed E-state index contributed by atoms with van der Waals surface area (Å²) in [5.74, 6) is 0.0835. The summed E-state index contributed by atoms with van der Waals surface area (Å²) in [4.78, 5) is 15.8. The van der Waals surface area contributed by atoms with Crippen LogP contribution < -0.4 is 4.31 Å². The van der Waals surface area contributed by atoms with Crippen molar-refractivity contribution in [1.82, 2.24) is 4.90 Å². The van der Waals surface area contributed by atoms with Gasteiger partial charge < -0.3 is 4.90 Å². The fourth-order valence-corrected chi connectivity index (χ4v) is 6.53. The van der Waals surface area contributed by atoms with Gasteiger partial charge in [-0.3, -0.25) is 9.10 Å². The molecule has 31 heavy (non-hydrogen) atoms. The number of fused-ring (bicyclic) bond motifs is 1. The number of aryl methyl sites for hydroxylation is 1. The Morgan fingerprint density at radius 3 is 2.42 bits per heavy atom. The van der Waals surface area contributed by atoms with Crippen molar-refractivity contribution in [2.24, 2.45) is 0 Å². The van der Waals surface area contributed by atoms with Crippen molar-refractivity contribution in [2.45, 2.75) is 44.4 Å². The zero-order valence-electron chi connectivity index (χ0n) is 18.0. The van der Waals surface area contributed by atoms with Gasteiger partial charge in [0.2, 0.25) is 0 Å². The van der Waals surface area contributed by atoms with Gasteiger partial charge in [0, 0.05) is 24.3 Å². The first-order chi connectivity index (χ1) is 14.9. The molecule has 1 saturated heterocycles. The fourth-order valence-electron chi connectivity index (χ4n) is 3.97. The molecule has 1 aliphatic rings. The Morgan fingerprint density at radius 2 is 1.74 bits per heavy atom. The van der Waals surface area contributed by atoms with E-state index >= 15 is 0 Å². The summed E-state index contributed by atoms with van der Waals surface area (Å²) >= 11 is 1.48. The van der Waals surface area contributed by atoms with Gasteiger partial charge in [-0.25, -0.2) is 8.42 Å². The molecule has 7 heteroatoms. The number of piperidine rings is 1. The number of hydrogen-bond donors (Lipinski definition) is 0. The maximum absolute atomic E-state index is 13.4. The van der Waals surface area contributed by atoms with Crippen LogP contribution in [0.4, 0.5) is 5.69 Å².